The Hall–Kier alpha value is -3.68. The van der Waals surface area contributed by atoms with Gasteiger partial charge in [-0.1, -0.05) is 30.3 Å². The Morgan fingerprint density at radius 3 is 2.32 bits per heavy atom. The molecule has 2 aromatic carbocycles. The second-order valence-corrected chi connectivity index (χ2v) is 5.85. The lowest BCUT2D eigenvalue weighted by molar-refractivity contribution is 0.0841. The minimum atomic E-state index is -0.624. The van der Waals surface area contributed by atoms with E-state index in [0.717, 1.165) is 0 Å². The van der Waals surface area contributed by atoms with Crippen molar-refractivity contribution in [3.63, 3.8) is 0 Å². The maximum atomic E-state index is 12.6. The summed E-state index contributed by atoms with van der Waals surface area (Å²) in [5, 5.41) is 4.93. The Kier molecular flexibility index (Phi) is 5.69. The molecule has 0 unspecified atom stereocenters. The Morgan fingerprint density at radius 2 is 1.61 bits per heavy atom. The summed E-state index contributed by atoms with van der Waals surface area (Å²) < 4.78 is 6.64. The molecule has 8 heteroatoms. The van der Waals surface area contributed by atoms with Crippen molar-refractivity contribution in [3.8, 4) is 5.75 Å². The third-order valence-corrected chi connectivity index (χ3v) is 4.10. The number of fused-ring (bicyclic) bond motifs is 1. The highest BCUT2D eigenvalue weighted by molar-refractivity contribution is 6.06. The topological polar surface area (TPSA) is 102 Å². The molecule has 1 heterocycles. The first-order valence-corrected chi connectivity index (χ1v) is 8.89. The van der Waals surface area contributed by atoms with Gasteiger partial charge in [0, 0.05) is 11.9 Å². The average Bonchev–Trinajstić information content (AvgIpc) is 2.73. The Morgan fingerprint density at radius 1 is 0.964 bits per heavy atom. The minimum absolute atomic E-state index is 0.0513. The molecule has 0 bridgehead atoms. The summed E-state index contributed by atoms with van der Waals surface area (Å²) in [6.45, 7) is 4.30. The van der Waals surface area contributed by atoms with Crippen LogP contribution in [0.3, 0.4) is 0 Å². The van der Waals surface area contributed by atoms with Gasteiger partial charge in [-0.2, -0.15) is 5.10 Å². The predicted octanol–water partition coefficient (Wildman–Crippen LogP) is 1.89. The molecule has 1 aromatic heterocycles. The molecule has 0 aliphatic heterocycles. The molecule has 0 saturated carbocycles. The number of rotatable bonds is 5. The van der Waals surface area contributed by atoms with Crippen LogP contribution in [-0.2, 0) is 6.54 Å². The normalized spacial score (nSPS) is 10.5. The Labute approximate surface area is 161 Å². The Balaban J connectivity index is 1.86. The first kappa shape index (κ1) is 19.1. The summed E-state index contributed by atoms with van der Waals surface area (Å²) >= 11 is 0. The number of nitrogens with one attached hydrogen (secondary N) is 2. The number of carbonyl (C=O) groups excluding carboxylic acids is 2. The summed E-state index contributed by atoms with van der Waals surface area (Å²) in [5.74, 6) is -0.731. The van der Waals surface area contributed by atoms with Crippen molar-refractivity contribution >= 4 is 22.6 Å². The van der Waals surface area contributed by atoms with E-state index in [1.54, 1.807) is 55.5 Å². The van der Waals surface area contributed by atoms with Crippen LogP contribution >= 0.6 is 0 Å². The molecule has 3 aromatic rings. The largest absolute Gasteiger partial charge is 0.493 e. The van der Waals surface area contributed by atoms with Crippen molar-refractivity contribution in [3.05, 3.63) is 70.1 Å². The molecule has 0 aliphatic carbocycles. The number of hydrazine groups is 1. The van der Waals surface area contributed by atoms with Crippen LogP contribution in [0.5, 0.6) is 5.75 Å². The highest BCUT2D eigenvalue weighted by atomic mass is 16.5. The third-order valence-electron chi connectivity index (χ3n) is 4.10. The second-order valence-electron chi connectivity index (χ2n) is 5.85. The number of para-hydroxylation sites is 1. The zero-order chi connectivity index (χ0) is 20.1. The zero-order valence-corrected chi connectivity index (χ0v) is 15.6. The predicted molar refractivity (Wildman–Crippen MR) is 104 cm³/mol. The maximum absolute atomic E-state index is 12.6. The summed E-state index contributed by atoms with van der Waals surface area (Å²) in [6, 6.07) is 13.4. The number of aromatic nitrogens is 2. The van der Waals surface area contributed by atoms with E-state index in [-0.39, 0.29) is 11.3 Å². The monoisotopic (exact) mass is 380 g/mol. The van der Waals surface area contributed by atoms with Crippen LogP contribution in [0.25, 0.3) is 10.8 Å². The van der Waals surface area contributed by atoms with Crippen molar-refractivity contribution in [2.75, 3.05) is 6.61 Å². The summed E-state index contributed by atoms with van der Waals surface area (Å²) in [5.41, 5.74) is 4.79. The van der Waals surface area contributed by atoms with Gasteiger partial charge in [0.1, 0.15) is 5.75 Å². The molecule has 0 spiro atoms. The molecule has 0 atom stereocenters. The summed E-state index contributed by atoms with van der Waals surface area (Å²) in [6.07, 6.45) is 0. The number of hydrogen-bond donors (Lipinski definition) is 2. The number of hydrogen-bond acceptors (Lipinski definition) is 5. The van der Waals surface area contributed by atoms with Crippen molar-refractivity contribution in [1.82, 2.24) is 20.6 Å². The van der Waals surface area contributed by atoms with Crippen LogP contribution in [0.2, 0.25) is 0 Å². The van der Waals surface area contributed by atoms with Gasteiger partial charge in [-0.25, -0.2) is 4.68 Å². The number of aryl methyl sites for hydroxylation is 1. The van der Waals surface area contributed by atoms with E-state index in [1.165, 1.54) is 4.68 Å². The standard InChI is InChI=1S/C20H20N4O4/c1-3-24-20(27)14-10-6-5-9-13(14)17(23-24)19(26)22-21-18(25)15-11-7-8-12-16(15)28-4-2/h5-12H,3-4H2,1-2H3,(H,21,25)(H,22,26). The minimum Gasteiger partial charge on any atom is -0.493 e. The fourth-order valence-electron chi connectivity index (χ4n) is 2.79. The van der Waals surface area contributed by atoms with E-state index in [9.17, 15) is 14.4 Å². The van der Waals surface area contributed by atoms with Gasteiger partial charge in [-0.05, 0) is 32.0 Å². The molecule has 8 nitrogen and oxygen atoms in total. The smallest absolute Gasteiger partial charge is 0.290 e. The summed E-state index contributed by atoms with van der Waals surface area (Å²) in [7, 11) is 0. The first-order chi connectivity index (χ1) is 13.6. The lowest BCUT2D eigenvalue weighted by atomic mass is 10.1. The van der Waals surface area contributed by atoms with Crippen molar-refractivity contribution in [2.24, 2.45) is 0 Å². The lowest BCUT2D eigenvalue weighted by Gasteiger charge is -2.12. The molecule has 144 valence electrons. The first-order valence-electron chi connectivity index (χ1n) is 8.89. The maximum Gasteiger partial charge on any atom is 0.290 e. The van der Waals surface area contributed by atoms with Gasteiger partial charge >= 0.3 is 0 Å². The molecule has 0 fully saturated rings. The van der Waals surface area contributed by atoms with E-state index in [2.05, 4.69) is 16.0 Å². The van der Waals surface area contributed by atoms with Gasteiger partial charge in [0.2, 0.25) is 0 Å². The molecule has 0 radical (unpaired) electrons. The fourth-order valence-corrected chi connectivity index (χ4v) is 2.79. The van der Waals surface area contributed by atoms with Crippen LogP contribution in [0, 0.1) is 0 Å². The van der Waals surface area contributed by atoms with Crippen LogP contribution in [0.1, 0.15) is 34.7 Å². The molecule has 3 rings (SSSR count). The van der Waals surface area contributed by atoms with Crippen LogP contribution < -0.4 is 21.1 Å². The quantitative estimate of drug-likeness (QED) is 0.658. The highest BCUT2D eigenvalue weighted by Crippen LogP contribution is 2.17. The van der Waals surface area contributed by atoms with E-state index in [4.69, 9.17) is 4.74 Å². The van der Waals surface area contributed by atoms with Crippen molar-refractivity contribution in [1.29, 1.82) is 0 Å². The third kappa shape index (κ3) is 3.71. The SMILES string of the molecule is CCOc1ccccc1C(=O)NNC(=O)c1nn(CC)c(=O)c2ccccc12. The van der Waals surface area contributed by atoms with Gasteiger partial charge < -0.3 is 4.74 Å². The lowest BCUT2D eigenvalue weighted by Crippen LogP contribution is -2.43. The second kappa shape index (κ2) is 8.34. The van der Waals surface area contributed by atoms with Crippen LogP contribution in [0.15, 0.2) is 53.3 Å². The zero-order valence-electron chi connectivity index (χ0n) is 15.6. The summed E-state index contributed by atoms with van der Waals surface area (Å²) in [4.78, 5) is 37.5. The average molecular weight is 380 g/mol. The fraction of sp³-hybridized carbons (Fsp3) is 0.200. The number of carbonyl (C=O) groups is 2. The number of amides is 2. The van der Waals surface area contributed by atoms with Gasteiger partial charge in [0.15, 0.2) is 5.69 Å². The molecule has 2 amide bonds. The van der Waals surface area contributed by atoms with E-state index < -0.39 is 11.8 Å². The number of nitrogens with zero attached hydrogens (tertiary/aromatic N) is 2. The van der Waals surface area contributed by atoms with Crippen LogP contribution in [-0.4, -0.2) is 28.2 Å². The van der Waals surface area contributed by atoms with Gasteiger partial charge in [-0.3, -0.25) is 25.2 Å². The van der Waals surface area contributed by atoms with Gasteiger partial charge in [-0.15, -0.1) is 0 Å². The molecule has 28 heavy (non-hydrogen) atoms. The Bertz CT molecular complexity index is 1090. The van der Waals surface area contributed by atoms with E-state index >= 15 is 0 Å². The number of ether oxygens (including phenoxy) is 1. The van der Waals surface area contributed by atoms with Crippen molar-refractivity contribution < 1.29 is 14.3 Å². The molecule has 0 aliphatic rings. The highest BCUT2D eigenvalue weighted by Gasteiger charge is 2.18. The van der Waals surface area contributed by atoms with Gasteiger partial charge in [0.05, 0.1) is 17.6 Å². The molecular weight excluding hydrogens is 360 g/mol. The van der Waals surface area contributed by atoms with E-state index in [1.807, 2.05) is 6.92 Å². The van der Waals surface area contributed by atoms with Crippen molar-refractivity contribution in [2.45, 2.75) is 20.4 Å². The molecule has 2 N–H and O–H groups in total. The number of benzene rings is 2. The van der Waals surface area contributed by atoms with E-state index in [0.29, 0.717) is 35.2 Å². The molecular formula is C20H20N4O4. The van der Waals surface area contributed by atoms with Crippen LogP contribution in [0.4, 0.5) is 0 Å². The van der Waals surface area contributed by atoms with Gasteiger partial charge in [0.25, 0.3) is 17.4 Å². The molecule has 0 saturated heterocycles.